The third-order valence-corrected chi connectivity index (χ3v) is 9.22. The number of anilines is 2. The minimum atomic E-state index is -4.94. The Hall–Kier alpha value is -2.67. The Morgan fingerprint density at radius 2 is 2.02 bits per heavy atom. The number of aromatic nitrogens is 2. The van der Waals surface area contributed by atoms with E-state index in [9.17, 15) is 18.3 Å². The number of hydrogen-bond acceptors (Lipinski definition) is 8. The third kappa shape index (κ3) is 5.31. The van der Waals surface area contributed by atoms with Crippen molar-refractivity contribution in [3.05, 3.63) is 51.4 Å². The molecule has 1 aromatic carbocycles. The first kappa shape index (κ1) is 29.4. The van der Waals surface area contributed by atoms with E-state index in [2.05, 4.69) is 16.5 Å². The van der Waals surface area contributed by atoms with E-state index in [4.69, 9.17) is 31.8 Å². The van der Waals surface area contributed by atoms with Crippen LogP contribution in [0.2, 0.25) is 5.02 Å². The molecule has 13 heteroatoms. The number of fused-ring (bicyclic) bond motifs is 2. The van der Waals surface area contributed by atoms with Crippen molar-refractivity contribution in [3.63, 3.8) is 0 Å². The molecule has 42 heavy (non-hydrogen) atoms. The van der Waals surface area contributed by atoms with Crippen molar-refractivity contribution >= 4 is 23.1 Å². The molecular weight excluding hydrogens is 578 g/mol. The number of aliphatic hydroxyl groups is 1. The Labute approximate surface area is 246 Å². The van der Waals surface area contributed by atoms with E-state index in [1.807, 2.05) is 4.90 Å². The van der Waals surface area contributed by atoms with Gasteiger partial charge in [0.25, 0.3) is 0 Å². The van der Waals surface area contributed by atoms with Gasteiger partial charge in [-0.05, 0) is 51.6 Å². The Morgan fingerprint density at radius 1 is 1.26 bits per heavy atom. The third-order valence-electron chi connectivity index (χ3n) is 8.92. The number of nitrogen functional groups attached to an aromatic ring is 1. The zero-order valence-electron chi connectivity index (χ0n) is 23.4. The maximum atomic E-state index is 15.2. The van der Waals surface area contributed by atoms with Crippen molar-refractivity contribution in [2.24, 2.45) is 0 Å². The van der Waals surface area contributed by atoms with Crippen LogP contribution in [0, 0.1) is 5.82 Å². The van der Waals surface area contributed by atoms with Gasteiger partial charge in [-0.15, -0.1) is 0 Å². The van der Waals surface area contributed by atoms with E-state index in [1.54, 1.807) is 6.92 Å². The summed E-state index contributed by atoms with van der Waals surface area (Å²) in [5.74, 6) is -0.730. The Bertz CT molecular complexity index is 1420. The minimum Gasteiger partial charge on any atom is -0.461 e. The van der Waals surface area contributed by atoms with Crippen LogP contribution in [-0.4, -0.2) is 63.9 Å². The van der Waals surface area contributed by atoms with Crippen LogP contribution in [0.1, 0.15) is 67.5 Å². The SMILES string of the molecule is C=C1CN2CCC[C@]2(COc2nc3c(c(N4CCC[C@@](C)(O)C4)n2)CO[C@H](c2c(F)c(N)cc(Cl)c2C(F)(F)F)C3)C1. The highest BCUT2D eigenvalue weighted by Gasteiger charge is 2.47. The number of piperidine rings is 1. The summed E-state index contributed by atoms with van der Waals surface area (Å²) in [6.45, 7) is 8.76. The van der Waals surface area contributed by atoms with Crippen molar-refractivity contribution in [1.29, 1.82) is 0 Å². The fourth-order valence-corrected chi connectivity index (χ4v) is 7.37. The van der Waals surface area contributed by atoms with E-state index in [-0.39, 0.29) is 24.6 Å². The highest BCUT2D eigenvalue weighted by atomic mass is 35.5. The van der Waals surface area contributed by atoms with Crippen LogP contribution in [0.3, 0.4) is 0 Å². The van der Waals surface area contributed by atoms with E-state index < -0.39 is 45.5 Å². The lowest BCUT2D eigenvalue weighted by atomic mass is 9.92. The number of rotatable bonds is 5. The predicted octanol–water partition coefficient (Wildman–Crippen LogP) is 5.21. The molecule has 4 aliphatic rings. The first-order valence-corrected chi connectivity index (χ1v) is 14.5. The highest BCUT2D eigenvalue weighted by Crippen LogP contribution is 2.46. The molecule has 1 aromatic heterocycles. The molecule has 0 unspecified atom stereocenters. The maximum absolute atomic E-state index is 15.2. The van der Waals surface area contributed by atoms with Crippen molar-refractivity contribution in [3.8, 4) is 6.01 Å². The lowest BCUT2D eigenvalue weighted by Crippen LogP contribution is -2.47. The Kier molecular flexibility index (Phi) is 7.35. The molecule has 3 atom stereocenters. The summed E-state index contributed by atoms with van der Waals surface area (Å²) in [7, 11) is 0. The fraction of sp³-hybridized carbons (Fsp3) is 0.586. The summed E-state index contributed by atoms with van der Waals surface area (Å²) in [5.41, 5.74) is 4.08. The minimum absolute atomic E-state index is 0.0791. The molecule has 0 radical (unpaired) electrons. The van der Waals surface area contributed by atoms with Gasteiger partial charge in [0.2, 0.25) is 0 Å². The molecule has 0 aliphatic carbocycles. The molecular formula is C29H34ClF4N5O3. The molecule has 2 aromatic rings. The van der Waals surface area contributed by atoms with Crippen molar-refractivity contribution < 1.29 is 32.1 Å². The number of halogens is 5. The van der Waals surface area contributed by atoms with Gasteiger partial charge in [-0.2, -0.15) is 23.1 Å². The van der Waals surface area contributed by atoms with Gasteiger partial charge >= 0.3 is 12.2 Å². The van der Waals surface area contributed by atoms with Crippen LogP contribution in [0.15, 0.2) is 18.2 Å². The second kappa shape index (κ2) is 10.5. The standard InChI is InChI=1S/C29H34ClF4N5O3/c1-16-11-28(6-4-8-39(28)12-16)15-42-26-36-20-10-21(22-23(29(32,33)34)18(30)9-19(35)24(22)31)41-13-17(20)25(37-26)38-7-3-5-27(2,40)14-38/h9,21,40H,1,3-8,10-15,35H2,2H3/t21-,27+,28+/m0/s1. The van der Waals surface area contributed by atoms with Gasteiger partial charge < -0.3 is 25.2 Å². The van der Waals surface area contributed by atoms with Gasteiger partial charge in [-0.3, -0.25) is 4.90 Å². The highest BCUT2D eigenvalue weighted by molar-refractivity contribution is 6.31. The van der Waals surface area contributed by atoms with Gasteiger partial charge in [0, 0.05) is 37.2 Å². The van der Waals surface area contributed by atoms with Crippen LogP contribution in [0.4, 0.5) is 29.1 Å². The second-order valence-corrected chi connectivity index (χ2v) is 12.7. The van der Waals surface area contributed by atoms with Gasteiger partial charge in [0.15, 0.2) is 5.82 Å². The van der Waals surface area contributed by atoms with Crippen molar-refractivity contribution in [2.75, 3.05) is 43.4 Å². The largest absolute Gasteiger partial charge is 0.461 e. The second-order valence-electron chi connectivity index (χ2n) is 12.3. The molecule has 0 amide bonds. The number of nitrogens with two attached hydrogens (primary N) is 1. The molecule has 0 bridgehead atoms. The molecule has 0 saturated carbocycles. The zero-order chi connectivity index (χ0) is 30.0. The summed E-state index contributed by atoms with van der Waals surface area (Å²) in [6.07, 6.45) is -2.33. The van der Waals surface area contributed by atoms with Crippen LogP contribution in [-0.2, 0) is 23.9 Å². The first-order chi connectivity index (χ1) is 19.8. The average Bonchev–Trinajstić information content (AvgIpc) is 3.43. The van der Waals surface area contributed by atoms with Gasteiger partial charge in [-0.25, -0.2) is 4.39 Å². The lowest BCUT2D eigenvalue weighted by molar-refractivity contribution is -0.140. The monoisotopic (exact) mass is 611 g/mol. The molecule has 4 aliphatic heterocycles. The molecule has 8 nitrogen and oxygen atoms in total. The fourth-order valence-electron chi connectivity index (χ4n) is 7.04. The number of β-amino-alcohol motifs (C(OH)–C–C–N with tert-alkyl or cyclic N) is 1. The molecule has 3 N–H and O–H groups in total. The van der Waals surface area contributed by atoms with Gasteiger partial charge in [0.05, 0.1) is 45.8 Å². The molecule has 3 saturated heterocycles. The quantitative estimate of drug-likeness (QED) is 0.270. The van der Waals surface area contributed by atoms with Crippen molar-refractivity contribution in [1.82, 2.24) is 14.9 Å². The Balaban J connectivity index is 1.38. The number of benzene rings is 1. The summed E-state index contributed by atoms with van der Waals surface area (Å²) in [6, 6.07) is 0.841. The van der Waals surface area contributed by atoms with Crippen molar-refractivity contribution in [2.45, 2.75) is 75.5 Å². The summed E-state index contributed by atoms with van der Waals surface area (Å²) >= 11 is 5.94. The normalized spacial score (nSPS) is 28.2. The summed E-state index contributed by atoms with van der Waals surface area (Å²) in [4.78, 5) is 13.7. The van der Waals surface area contributed by atoms with Crippen LogP contribution >= 0.6 is 11.6 Å². The van der Waals surface area contributed by atoms with Gasteiger partial charge in [0.1, 0.15) is 12.4 Å². The zero-order valence-corrected chi connectivity index (χ0v) is 24.1. The topological polar surface area (TPSA) is 97.0 Å². The first-order valence-electron chi connectivity index (χ1n) is 14.1. The number of hydrogen-bond donors (Lipinski definition) is 2. The molecule has 0 spiro atoms. The Morgan fingerprint density at radius 3 is 2.76 bits per heavy atom. The number of alkyl halides is 3. The van der Waals surface area contributed by atoms with E-state index in [0.717, 1.165) is 44.0 Å². The molecule has 5 heterocycles. The molecule has 6 rings (SSSR count). The molecule has 3 fully saturated rings. The molecule has 228 valence electrons. The number of ether oxygens (including phenoxy) is 2. The predicted molar refractivity (Wildman–Crippen MR) is 149 cm³/mol. The number of nitrogens with zero attached hydrogens (tertiary/aromatic N) is 4. The summed E-state index contributed by atoms with van der Waals surface area (Å²) < 4.78 is 69.6. The average molecular weight is 612 g/mol. The van der Waals surface area contributed by atoms with Gasteiger partial charge in [-0.1, -0.05) is 23.8 Å². The lowest BCUT2D eigenvalue weighted by Gasteiger charge is -2.39. The van der Waals surface area contributed by atoms with E-state index in [0.29, 0.717) is 49.6 Å². The smallest absolute Gasteiger partial charge is 0.418 e. The van der Waals surface area contributed by atoms with Crippen LogP contribution < -0.4 is 15.4 Å². The summed E-state index contributed by atoms with van der Waals surface area (Å²) in [5, 5.41) is 10.1. The van der Waals surface area contributed by atoms with E-state index >= 15 is 4.39 Å². The van der Waals surface area contributed by atoms with Crippen LogP contribution in [0.5, 0.6) is 6.01 Å². The van der Waals surface area contributed by atoms with Crippen LogP contribution in [0.25, 0.3) is 0 Å². The maximum Gasteiger partial charge on any atom is 0.418 e. The van der Waals surface area contributed by atoms with E-state index in [1.165, 1.54) is 0 Å².